The molecule has 0 atom stereocenters. The smallest absolute Gasteiger partial charge is 0.387 e. The van der Waals surface area contributed by atoms with E-state index < -0.39 is 6.61 Å². The third kappa shape index (κ3) is 6.22. The standard InChI is InChI=1S/C13H19F2NO/c1-2-16-9-4-3-6-11-7-5-8-12(10-11)17-13(14)15/h5,7-8,10,13,16H,2-4,6,9H2,1H3. The Morgan fingerprint density at radius 3 is 2.82 bits per heavy atom. The maximum atomic E-state index is 12.0. The molecule has 0 heterocycles. The molecule has 0 aromatic heterocycles. The summed E-state index contributed by atoms with van der Waals surface area (Å²) >= 11 is 0. The summed E-state index contributed by atoms with van der Waals surface area (Å²) in [4.78, 5) is 0. The second-order valence-electron chi connectivity index (χ2n) is 3.84. The lowest BCUT2D eigenvalue weighted by Crippen LogP contribution is -2.13. The molecule has 1 aromatic rings. The van der Waals surface area contributed by atoms with Gasteiger partial charge < -0.3 is 10.1 Å². The molecule has 0 aliphatic heterocycles. The average Bonchev–Trinajstić information content (AvgIpc) is 2.28. The summed E-state index contributed by atoms with van der Waals surface area (Å²) in [5.74, 6) is 0.240. The van der Waals surface area contributed by atoms with Crippen molar-refractivity contribution < 1.29 is 13.5 Å². The number of ether oxygens (including phenoxy) is 1. The molecule has 0 saturated heterocycles. The van der Waals surface area contributed by atoms with Gasteiger partial charge in [0.2, 0.25) is 0 Å². The van der Waals surface area contributed by atoms with E-state index in [2.05, 4.69) is 17.0 Å². The van der Waals surface area contributed by atoms with Crippen molar-refractivity contribution >= 4 is 0 Å². The Morgan fingerprint density at radius 1 is 1.29 bits per heavy atom. The predicted molar refractivity (Wildman–Crippen MR) is 64.6 cm³/mol. The number of hydrogen-bond acceptors (Lipinski definition) is 2. The van der Waals surface area contributed by atoms with Gasteiger partial charge in [-0.3, -0.25) is 0 Å². The fourth-order valence-corrected chi connectivity index (χ4v) is 1.63. The molecule has 0 aliphatic carbocycles. The zero-order valence-corrected chi connectivity index (χ0v) is 10.1. The van der Waals surface area contributed by atoms with Gasteiger partial charge in [-0.25, -0.2) is 0 Å². The molecule has 96 valence electrons. The number of aryl methyl sites for hydroxylation is 1. The highest BCUT2D eigenvalue weighted by molar-refractivity contribution is 5.28. The van der Waals surface area contributed by atoms with Crippen molar-refractivity contribution in [3.63, 3.8) is 0 Å². The van der Waals surface area contributed by atoms with Gasteiger partial charge in [0, 0.05) is 0 Å². The van der Waals surface area contributed by atoms with Gasteiger partial charge in [0.25, 0.3) is 0 Å². The number of benzene rings is 1. The fraction of sp³-hybridized carbons (Fsp3) is 0.538. The molecule has 0 fully saturated rings. The van der Waals surface area contributed by atoms with Crippen LogP contribution in [0.25, 0.3) is 0 Å². The summed E-state index contributed by atoms with van der Waals surface area (Å²) in [6.45, 7) is 1.31. The number of halogens is 2. The third-order valence-electron chi connectivity index (χ3n) is 2.44. The van der Waals surface area contributed by atoms with E-state index in [1.54, 1.807) is 18.2 Å². The van der Waals surface area contributed by atoms with Crippen LogP contribution >= 0.6 is 0 Å². The van der Waals surface area contributed by atoms with E-state index in [1.165, 1.54) is 0 Å². The van der Waals surface area contributed by atoms with Crippen LogP contribution in [0.3, 0.4) is 0 Å². The highest BCUT2D eigenvalue weighted by atomic mass is 19.3. The summed E-state index contributed by atoms with van der Waals surface area (Å²) < 4.78 is 28.4. The first-order chi connectivity index (χ1) is 8.22. The zero-order valence-electron chi connectivity index (χ0n) is 10.1. The van der Waals surface area contributed by atoms with Crippen molar-refractivity contribution in [1.82, 2.24) is 5.32 Å². The monoisotopic (exact) mass is 243 g/mol. The van der Waals surface area contributed by atoms with Crippen molar-refractivity contribution in [1.29, 1.82) is 0 Å². The van der Waals surface area contributed by atoms with Crippen molar-refractivity contribution in [2.24, 2.45) is 0 Å². The van der Waals surface area contributed by atoms with E-state index >= 15 is 0 Å². The van der Waals surface area contributed by atoms with Crippen molar-refractivity contribution in [3.05, 3.63) is 29.8 Å². The van der Waals surface area contributed by atoms with Gasteiger partial charge in [-0.2, -0.15) is 8.78 Å². The van der Waals surface area contributed by atoms with E-state index in [4.69, 9.17) is 0 Å². The molecule has 0 bridgehead atoms. The zero-order chi connectivity index (χ0) is 12.5. The largest absolute Gasteiger partial charge is 0.435 e. The maximum Gasteiger partial charge on any atom is 0.387 e. The van der Waals surface area contributed by atoms with Crippen LogP contribution < -0.4 is 10.1 Å². The van der Waals surface area contributed by atoms with E-state index in [0.29, 0.717) is 0 Å². The quantitative estimate of drug-likeness (QED) is 0.708. The van der Waals surface area contributed by atoms with E-state index in [1.807, 2.05) is 6.07 Å². The summed E-state index contributed by atoms with van der Waals surface area (Å²) in [7, 11) is 0. The van der Waals surface area contributed by atoms with Gasteiger partial charge in [0.15, 0.2) is 0 Å². The maximum absolute atomic E-state index is 12.0. The molecular formula is C13H19F2NO. The van der Waals surface area contributed by atoms with Gasteiger partial charge in [-0.1, -0.05) is 19.1 Å². The molecule has 17 heavy (non-hydrogen) atoms. The Morgan fingerprint density at radius 2 is 2.12 bits per heavy atom. The lowest BCUT2D eigenvalue weighted by atomic mass is 10.1. The van der Waals surface area contributed by atoms with Gasteiger partial charge in [-0.05, 0) is 50.0 Å². The second kappa shape index (κ2) is 8.01. The number of rotatable bonds is 8. The van der Waals surface area contributed by atoms with E-state index in [-0.39, 0.29) is 5.75 Å². The first-order valence-corrected chi connectivity index (χ1v) is 5.97. The molecular weight excluding hydrogens is 224 g/mol. The summed E-state index contributed by atoms with van der Waals surface area (Å²) in [5, 5.41) is 3.25. The average molecular weight is 243 g/mol. The molecule has 0 radical (unpaired) electrons. The van der Waals surface area contributed by atoms with Crippen LogP contribution in [0, 0.1) is 0 Å². The molecule has 0 aliphatic rings. The minimum atomic E-state index is -2.75. The van der Waals surface area contributed by atoms with E-state index in [0.717, 1.165) is 37.9 Å². The Kier molecular flexibility index (Phi) is 6.55. The van der Waals surface area contributed by atoms with Crippen LogP contribution in [0.15, 0.2) is 24.3 Å². The van der Waals surface area contributed by atoms with Gasteiger partial charge in [0.05, 0.1) is 0 Å². The van der Waals surface area contributed by atoms with E-state index in [9.17, 15) is 8.78 Å². The van der Waals surface area contributed by atoms with Crippen LogP contribution in [0.4, 0.5) is 8.78 Å². The lowest BCUT2D eigenvalue weighted by Gasteiger charge is -2.07. The van der Waals surface area contributed by atoms with Crippen LogP contribution in [0.1, 0.15) is 25.3 Å². The molecule has 1 rings (SSSR count). The summed E-state index contributed by atoms with van der Waals surface area (Å²) in [5.41, 5.74) is 1.04. The molecule has 0 saturated carbocycles. The van der Waals surface area contributed by atoms with Crippen LogP contribution in [-0.2, 0) is 6.42 Å². The number of alkyl halides is 2. The fourth-order valence-electron chi connectivity index (χ4n) is 1.63. The van der Waals surface area contributed by atoms with Crippen molar-refractivity contribution in [2.75, 3.05) is 13.1 Å². The normalized spacial score (nSPS) is 10.8. The van der Waals surface area contributed by atoms with Gasteiger partial charge in [0.1, 0.15) is 5.75 Å². The lowest BCUT2D eigenvalue weighted by molar-refractivity contribution is -0.0498. The van der Waals surface area contributed by atoms with Crippen LogP contribution in [-0.4, -0.2) is 19.7 Å². The second-order valence-corrected chi connectivity index (χ2v) is 3.84. The highest BCUT2D eigenvalue weighted by Crippen LogP contribution is 2.17. The first kappa shape index (κ1) is 13.9. The topological polar surface area (TPSA) is 21.3 Å². The number of unbranched alkanes of at least 4 members (excludes halogenated alkanes) is 1. The highest BCUT2D eigenvalue weighted by Gasteiger charge is 2.04. The van der Waals surface area contributed by atoms with Gasteiger partial charge >= 0.3 is 6.61 Å². The molecule has 0 amide bonds. The van der Waals surface area contributed by atoms with Crippen molar-refractivity contribution in [2.45, 2.75) is 32.8 Å². The molecule has 4 heteroatoms. The Bertz CT molecular complexity index is 318. The molecule has 1 N–H and O–H groups in total. The number of nitrogens with one attached hydrogen (secondary N) is 1. The van der Waals surface area contributed by atoms with Crippen molar-refractivity contribution in [3.8, 4) is 5.75 Å². The summed E-state index contributed by atoms with van der Waals surface area (Å²) in [6.07, 6.45) is 3.03. The molecule has 2 nitrogen and oxygen atoms in total. The van der Waals surface area contributed by atoms with Gasteiger partial charge in [-0.15, -0.1) is 0 Å². The SMILES string of the molecule is CCNCCCCc1cccc(OC(F)F)c1. The first-order valence-electron chi connectivity index (χ1n) is 5.97. The predicted octanol–water partition coefficient (Wildman–Crippen LogP) is 3.22. The minimum absolute atomic E-state index is 0.240. The molecule has 1 aromatic carbocycles. The third-order valence-corrected chi connectivity index (χ3v) is 2.44. The molecule has 0 unspecified atom stereocenters. The Labute approximate surface area is 101 Å². The molecule has 0 spiro atoms. The number of hydrogen-bond donors (Lipinski definition) is 1. The Balaban J connectivity index is 2.32. The Hall–Kier alpha value is -1.16. The van der Waals surface area contributed by atoms with Crippen LogP contribution in [0.2, 0.25) is 0 Å². The van der Waals surface area contributed by atoms with Crippen LogP contribution in [0.5, 0.6) is 5.75 Å². The minimum Gasteiger partial charge on any atom is -0.435 e. The summed E-state index contributed by atoms with van der Waals surface area (Å²) in [6, 6.07) is 6.91.